The number of rotatable bonds is 4. The zero-order valence-corrected chi connectivity index (χ0v) is 15.4. The third-order valence-electron chi connectivity index (χ3n) is 4.18. The smallest absolute Gasteiger partial charge is 0.378 e. The van der Waals surface area contributed by atoms with Crippen molar-refractivity contribution in [2.75, 3.05) is 36.5 Å². The highest BCUT2D eigenvalue weighted by Gasteiger charge is 2.33. The maximum absolute atomic E-state index is 12.6. The summed E-state index contributed by atoms with van der Waals surface area (Å²) >= 11 is 1.52. The molecule has 0 atom stereocenters. The van der Waals surface area contributed by atoms with Crippen molar-refractivity contribution in [3.05, 3.63) is 36.2 Å². The summed E-state index contributed by atoms with van der Waals surface area (Å²) in [6.07, 6.45) is -3.40. The van der Waals surface area contributed by atoms with Gasteiger partial charge in [-0.05, 0) is 24.3 Å². The van der Waals surface area contributed by atoms with Gasteiger partial charge >= 0.3 is 6.18 Å². The number of carbonyl (C=O) groups excluding carboxylic acids is 1. The fraction of sp³-hybridized carbons (Fsp3) is 0.353. The number of anilines is 2. The van der Waals surface area contributed by atoms with Gasteiger partial charge in [-0.15, -0.1) is 0 Å². The molecule has 1 aliphatic heterocycles. The molecule has 3 heterocycles. The van der Waals surface area contributed by atoms with Gasteiger partial charge in [-0.1, -0.05) is 11.3 Å². The quantitative estimate of drug-likeness (QED) is 0.715. The van der Waals surface area contributed by atoms with Gasteiger partial charge in [0.2, 0.25) is 5.91 Å². The SMILES string of the molecule is O=C(Cn1ccc(C(F)(F)F)n1)Nc1ccc2nc(N3CCOCC3)sc2c1. The summed E-state index contributed by atoms with van der Waals surface area (Å²) in [5.41, 5.74) is 0.353. The van der Waals surface area contributed by atoms with Gasteiger partial charge in [0.15, 0.2) is 10.8 Å². The van der Waals surface area contributed by atoms with Crippen LogP contribution < -0.4 is 10.2 Å². The predicted molar refractivity (Wildman–Crippen MR) is 98.5 cm³/mol. The number of aromatic nitrogens is 3. The van der Waals surface area contributed by atoms with Gasteiger partial charge in [0.25, 0.3) is 0 Å². The maximum atomic E-state index is 12.6. The Morgan fingerprint density at radius 1 is 1.25 bits per heavy atom. The number of benzene rings is 1. The van der Waals surface area contributed by atoms with Crippen LogP contribution in [0.2, 0.25) is 0 Å². The largest absolute Gasteiger partial charge is 0.435 e. The zero-order valence-electron chi connectivity index (χ0n) is 14.6. The Kier molecular flexibility index (Phi) is 4.94. The topological polar surface area (TPSA) is 72.3 Å². The van der Waals surface area contributed by atoms with E-state index in [0.717, 1.165) is 45.4 Å². The lowest BCUT2D eigenvalue weighted by Crippen LogP contribution is -2.36. The summed E-state index contributed by atoms with van der Waals surface area (Å²) in [6.45, 7) is 2.59. The van der Waals surface area contributed by atoms with Gasteiger partial charge < -0.3 is 15.0 Å². The zero-order chi connectivity index (χ0) is 19.7. The summed E-state index contributed by atoms with van der Waals surface area (Å²) in [5.74, 6) is -0.464. The Labute approximate surface area is 161 Å². The molecule has 3 aromatic rings. The van der Waals surface area contributed by atoms with E-state index in [1.807, 2.05) is 0 Å². The van der Waals surface area contributed by atoms with E-state index in [9.17, 15) is 18.0 Å². The van der Waals surface area contributed by atoms with Crippen LogP contribution in [0.25, 0.3) is 10.2 Å². The summed E-state index contributed by atoms with van der Waals surface area (Å²) in [4.78, 5) is 18.9. The van der Waals surface area contributed by atoms with Gasteiger partial charge in [0.1, 0.15) is 6.54 Å². The first-order chi connectivity index (χ1) is 13.4. The molecule has 1 amide bonds. The average Bonchev–Trinajstić information content (AvgIpc) is 3.28. The Morgan fingerprint density at radius 3 is 2.75 bits per heavy atom. The molecule has 2 aromatic heterocycles. The highest BCUT2D eigenvalue weighted by molar-refractivity contribution is 7.22. The highest BCUT2D eigenvalue weighted by Crippen LogP contribution is 2.31. The number of halogens is 3. The number of alkyl halides is 3. The van der Waals surface area contributed by atoms with Crippen molar-refractivity contribution in [2.24, 2.45) is 0 Å². The van der Waals surface area contributed by atoms with Gasteiger partial charge in [0, 0.05) is 25.0 Å². The molecule has 1 fully saturated rings. The third kappa shape index (κ3) is 4.09. The number of morpholine rings is 1. The molecule has 0 saturated carbocycles. The van der Waals surface area contributed by atoms with Crippen LogP contribution in [-0.4, -0.2) is 47.0 Å². The molecular weight excluding hydrogens is 395 g/mol. The van der Waals surface area contributed by atoms with Crippen LogP contribution in [0.1, 0.15) is 5.69 Å². The number of nitrogens with one attached hydrogen (secondary N) is 1. The Morgan fingerprint density at radius 2 is 2.04 bits per heavy atom. The van der Waals surface area contributed by atoms with Crippen LogP contribution in [0.4, 0.5) is 24.0 Å². The number of ether oxygens (including phenoxy) is 1. The first kappa shape index (κ1) is 18.7. The van der Waals surface area contributed by atoms with Gasteiger partial charge in [-0.25, -0.2) is 4.98 Å². The Balaban J connectivity index is 1.43. The van der Waals surface area contributed by atoms with Gasteiger partial charge in [0.05, 0.1) is 23.4 Å². The van der Waals surface area contributed by atoms with E-state index >= 15 is 0 Å². The van der Waals surface area contributed by atoms with Crippen LogP contribution in [0, 0.1) is 0 Å². The van der Waals surface area contributed by atoms with E-state index in [2.05, 4.69) is 20.3 Å². The number of amides is 1. The first-order valence-corrected chi connectivity index (χ1v) is 9.34. The summed E-state index contributed by atoms with van der Waals surface area (Å²) in [5, 5.41) is 6.96. The molecule has 1 N–H and O–H groups in total. The second-order valence-corrected chi connectivity index (χ2v) is 7.23. The molecule has 1 aliphatic rings. The molecule has 1 aromatic carbocycles. The number of fused-ring (bicyclic) bond motifs is 1. The van der Waals surface area contributed by atoms with Gasteiger partial charge in [-0.2, -0.15) is 18.3 Å². The monoisotopic (exact) mass is 411 g/mol. The molecule has 4 rings (SSSR count). The minimum Gasteiger partial charge on any atom is -0.378 e. The lowest BCUT2D eigenvalue weighted by molar-refractivity contribution is -0.141. The normalized spacial score (nSPS) is 15.2. The van der Waals surface area contributed by atoms with Crippen molar-refractivity contribution in [1.29, 1.82) is 0 Å². The van der Waals surface area contributed by atoms with Crippen molar-refractivity contribution in [3.63, 3.8) is 0 Å². The van der Waals surface area contributed by atoms with Crippen molar-refractivity contribution in [1.82, 2.24) is 14.8 Å². The van der Waals surface area contributed by atoms with Crippen LogP contribution in [0.5, 0.6) is 0 Å². The molecule has 0 unspecified atom stereocenters. The second kappa shape index (κ2) is 7.40. The fourth-order valence-corrected chi connectivity index (χ4v) is 3.89. The second-order valence-electron chi connectivity index (χ2n) is 6.22. The molecule has 0 radical (unpaired) electrons. The Hall–Kier alpha value is -2.66. The molecule has 11 heteroatoms. The van der Waals surface area contributed by atoms with Crippen molar-refractivity contribution < 1.29 is 22.7 Å². The van der Waals surface area contributed by atoms with Crippen LogP contribution >= 0.6 is 11.3 Å². The number of hydrogen-bond acceptors (Lipinski definition) is 6. The number of carbonyl (C=O) groups is 1. The minimum absolute atomic E-state index is 0.310. The summed E-state index contributed by atoms with van der Waals surface area (Å²) in [7, 11) is 0. The molecule has 0 spiro atoms. The molecule has 1 saturated heterocycles. The lowest BCUT2D eigenvalue weighted by atomic mass is 10.3. The molecule has 0 aliphatic carbocycles. The number of thiazole rings is 1. The third-order valence-corrected chi connectivity index (χ3v) is 5.26. The van der Waals surface area contributed by atoms with Gasteiger partial charge in [-0.3, -0.25) is 9.48 Å². The van der Waals surface area contributed by atoms with E-state index < -0.39 is 17.8 Å². The van der Waals surface area contributed by atoms with E-state index in [1.54, 1.807) is 18.2 Å². The Bertz CT molecular complexity index is 994. The molecular formula is C17H16F3N5O2S. The minimum atomic E-state index is -4.53. The van der Waals surface area contributed by atoms with E-state index in [1.165, 1.54) is 11.3 Å². The van der Waals surface area contributed by atoms with E-state index in [0.29, 0.717) is 18.9 Å². The number of hydrogen-bond donors (Lipinski definition) is 1. The summed E-state index contributed by atoms with van der Waals surface area (Å²) < 4.78 is 45.0. The van der Waals surface area contributed by atoms with Crippen LogP contribution in [0.3, 0.4) is 0 Å². The van der Waals surface area contributed by atoms with Crippen molar-refractivity contribution in [2.45, 2.75) is 12.7 Å². The van der Waals surface area contributed by atoms with Crippen LogP contribution in [0.15, 0.2) is 30.5 Å². The summed E-state index contributed by atoms with van der Waals surface area (Å²) in [6, 6.07) is 6.16. The highest BCUT2D eigenvalue weighted by atomic mass is 32.1. The molecule has 7 nitrogen and oxygen atoms in total. The first-order valence-electron chi connectivity index (χ1n) is 8.52. The van der Waals surface area contributed by atoms with E-state index in [4.69, 9.17) is 4.74 Å². The van der Waals surface area contributed by atoms with E-state index in [-0.39, 0.29) is 6.54 Å². The van der Waals surface area contributed by atoms with Crippen molar-refractivity contribution in [3.8, 4) is 0 Å². The number of nitrogens with zero attached hydrogens (tertiary/aromatic N) is 4. The molecule has 28 heavy (non-hydrogen) atoms. The predicted octanol–water partition coefficient (Wildman–Crippen LogP) is 2.99. The maximum Gasteiger partial charge on any atom is 0.435 e. The molecule has 0 bridgehead atoms. The van der Waals surface area contributed by atoms with Crippen molar-refractivity contribution >= 4 is 38.3 Å². The van der Waals surface area contributed by atoms with Crippen LogP contribution in [-0.2, 0) is 22.3 Å². The lowest BCUT2D eigenvalue weighted by Gasteiger charge is -2.25. The average molecular weight is 411 g/mol. The fourth-order valence-electron chi connectivity index (χ4n) is 2.83. The molecule has 148 valence electrons. The standard InChI is InChI=1S/C17H16F3N5O2S/c18-17(19,20)14-3-4-25(23-14)10-15(26)21-11-1-2-12-13(9-11)28-16(22-12)24-5-7-27-8-6-24/h1-4,9H,5-8,10H2,(H,21,26).